The molecule has 0 spiro atoms. The number of aliphatic imine (C=N–C) groups is 1. The summed E-state index contributed by atoms with van der Waals surface area (Å²) in [4.78, 5) is 18.4. The minimum Gasteiger partial charge on any atom is -0.404 e. The molecule has 0 aromatic heterocycles. The van der Waals surface area contributed by atoms with Crippen molar-refractivity contribution in [2.45, 2.75) is 19.3 Å². The molecule has 1 amide bonds. The van der Waals surface area contributed by atoms with Crippen molar-refractivity contribution in [2.24, 2.45) is 10.7 Å². The lowest BCUT2D eigenvalue weighted by molar-refractivity contribution is -0.115. The lowest BCUT2D eigenvalue weighted by atomic mass is 9.96. The van der Waals surface area contributed by atoms with E-state index >= 15 is 0 Å². The van der Waals surface area contributed by atoms with Crippen molar-refractivity contribution in [2.75, 3.05) is 35.7 Å². The van der Waals surface area contributed by atoms with Crippen molar-refractivity contribution < 1.29 is 4.79 Å². The van der Waals surface area contributed by atoms with Crippen LogP contribution in [-0.4, -0.2) is 32.3 Å². The number of carbonyl (C=O) groups excluding carboxylic acids is 1. The van der Waals surface area contributed by atoms with Gasteiger partial charge in [-0.05, 0) is 42.2 Å². The smallest absolute Gasteiger partial charge is 0.226 e. The van der Waals surface area contributed by atoms with Crippen molar-refractivity contribution in [1.82, 2.24) is 0 Å². The Balaban J connectivity index is 1.80. The topological polar surface area (TPSA) is 82.8 Å². The molecule has 0 atom stereocenters. The van der Waals surface area contributed by atoms with Gasteiger partial charge in [0.15, 0.2) is 0 Å². The van der Waals surface area contributed by atoms with Crippen LogP contribution in [0.25, 0.3) is 5.57 Å². The third-order valence-electron chi connectivity index (χ3n) is 5.25. The maximum absolute atomic E-state index is 12.0. The summed E-state index contributed by atoms with van der Waals surface area (Å²) in [7, 11) is 1.74. The normalized spacial score (nSPS) is 16.8. The molecule has 0 aliphatic carbocycles. The van der Waals surface area contributed by atoms with E-state index in [0.717, 1.165) is 47.6 Å². The standard InChI is InChI=1S/C22H25N5O/c1-24-14-17(13-23)16-8-7-15-4-3-11-27(20(15)12-16)19-6-2-5-18-22(19)25-10-9-21(28)26-18/h2,5-8,12-14,25H,3-4,9-11,23H2,1H3,(H,26,28). The number of allylic oxidation sites excluding steroid dienone is 1. The van der Waals surface area contributed by atoms with Crippen LogP contribution in [-0.2, 0) is 11.2 Å². The highest BCUT2D eigenvalue weighted by molar-refractivity contribution is 6.10. The first kappa shape index (κ1) is 18.1. The fourth-order valence-electron chi connectivity index (χ4n) is 3.93. The highest BCUT2D eigenvalue weighted by Gasteiger charge is 2.24. The number of para-hydroxylation sites is 1. The van der Waals surface area contributed by atoms with Crippen molar-refractivity contribution in [3.63, 3.8) is 0 Å². The van der Waals surface area contributed by atoms with Crippen LogP contribution in [0.1, 0.15) is 24.0 Å². The Bertz CT molecular complexity index is 963. The van der Waals surface area contributed by atoms with Crippen LogP contribution < -0.4 is 21.3 Å². The fourth-order valence-corrected chi connectivity index (χ4v) is 3.93. The van der Waals surface area contributed by atoms with Gasteiger partial charge in [0, 0.05) is 50.2 Å². The molecule has 6 nitrogen and oxygen atoms in total. The lowest BCUT2D eigenvalue weighted by Gasteiger charge is -2.33. The Morgan fingerprint density at radius 2 is 2.11 bits per heavy atom. The Hall–Kier alpha value is -3.28. The molecule has 0 radical (unpaired) electrons. The van der Waals surface area contributed by atoms with Crippen LogP contribution in [0.4, 0.5) is 22.7 Å². The first-order chi connectivity index (χ1) is 13.7. The number of hydrogen-bond donors (Lipinski definition) is 3. The van der Waals surface area contributed by atoms with E-state index < -0.39 is 0 Å². The van der Waals surface area contributed by atoms with E-state index in [4.69, 9.17) is 5.73 Å². The van der Waals surface area contributed by atoms with Gasteiger partial charge in [0.25, 0.3) is 0 Å². The number of anilines is 4. The van der Waals surface area contributed by atoms with E-state index in [1.165, 1.54) is 11.3 Å². The van der Waals surface area contributed by atoms with Gasteiger partial charge in [-0.15, -0.1) is 0 Å². The molecule has 0 saturated carbocycles. The molecule has 2 heterocycles. The van der Waals surface area contributed by atoms with E-state index in [-0.39, 0.29) is 5.91 Å². The molecule has 2 aliphatic rings. The summed E-state index contributed by atoms with van der Waals surface area (Å²) < 4.78 is 0. The predicted molar refractivity (Wildman–Crippen MR) is 117 cm³/mol. The third-order valence-corrected chi connectivity index (χ3v) is 5.25. The van der Waals surface area contributed by atoms with Crippen molar-refractivity contribution in [1.29, 1.82) is 0 Å². The number of fused-ring (bicyclic) bond motifs is 2. The largest absolute Gasteiger partial charge is 0.404 e. The van der Waals surface area contributed by atoms with Gasteiger partial charge >= 0.3 is 0 Å². The molecule has 144 valence electrons. The first-order valence-corrected chi connectivity index (χ1v) is 9.63. The Labute approximate surface area is 165 Å². The Morgan fingerprint density at radius 3 is 2.93 bits per heavy atom. The second-order valence-corrected chi connectivity index (χ2v) is 7.03. The molecule has 2 aromatic carbocycles. The van der Waals surface area contributed by atoms with E-state index in [9.17, 15) is 4.79 Å². The van der Waals surface area contributed by atoms with E-state index in [1.807, 2.05) is 12.1 Å². The van der Waals surface area contributed by atoms with Crippen LogP contribution in [0, 0.1) is 0 Å². The van der Waals surface area contributed by atoms with Gasteiger partial charge < -0.3 is 21.3 Å². The molecular formula is C22H25N5O. The zero-order valence-corrected chi connectivity index (χ0v) is 16.0. The van der Waals surface area contributed by atoms with Gasteiger partial charge in [0.05, 0.1) is 17.1 Å². The number of aryl methyl sites for hydroxylation is 1. The predicted octanol–water partition coefficient (Wildman–Crippen LogP) is 3.53. The van der Waals surface area contributed by atoms with Gasteiger partial charge in [-0.1, -0.05) is 18.2 Å². The number of nitrogens with two attached hydrogens (primary N) is 1. The molecule has 2 aliphatic heterocycles. The summed E-state index contributed by atoms with van der Waals surface area (Å²) in [5.74, 6) is 0.0429. The molecule has 4 N–H and O–H groups in total. The zero-order chi connectivity index (χ0) is 19.5. The van der Waals surface area contributed by atoms with Crippen LogP contribution in [0.5, 0.6) is 0 Å². The van der Waals surface area contributed by atoms with E-state index in [1.54, 1.807) is 19.5 Å². The quantitative estimate of drug-likeness (QED) is 0.717. The molecule has 0 bridgehead atoms. The Morgan fingerprint density at radius 1 is 1.21 bits per heavy atom. The minimum absolute atomic E-state index is 0.0429. The summed E-state index contributed by atoms with van der Waals surface area (Å²) in [6.45, 7) is 1.55. The average molecular weight is 375 g/mol. The lowest BCUT2D eigenvalue weighted by Crippen LogP contribution is -2.25. The fraction of sp³-hybridized carbons (Fsp3) is 0.273. The van der Waals surface area contributed by atoms with Gasteiger partial charge in [0.2, 0.25) is 5.91 Å². The van der Waals surface area contributed by atoms with Gasteiger partial charge in [-0.3, -0.25) is 9.79 Å². The number of nitrogens with one attached hydrogen (secondary N) is 2. The van der Waals surface area contributed by atoms with Crippen LogP contribution in [0.3, 0.4) is 0 Å². The maximum Gasteiger partial charge on any atom is 0.226 e. The van der Waals surface area contributed by atoms with Crippen molar-refractivity contribution in [3.8, 4) is 0 Å². The summed E-state index contributed by atoms with van der Waals surface area (Å²) in [5.41, 5.74) is 13.2. The monoisotopic (exact) mass is 375 g/mol. The third kappa shape index (κ3) is 3.33. The summed E-state index contributed by atoms with van der Waals surface area (Å²) in [6, 6.07) is 12.5. The minimum atomic E-state index is 0.0429. The molecule has 0 unspecified atom stereocenters. The van der Waals surface area contributed by atoms with Crippen LogP contribution >= 0.6 is 0 Å². The van der Waals surface area contributed by atoms with E-state index in [2.05, 4.69) is 44.8 Å². The number of carbonyl (C=O) groups is 1. The molecule has 28 heavy (non-hydrogen) atoms. The van der Waals surface area contributed by atoms with Crippen molar-refractivity contribution >= 4 is 40.4 Å². The summed E-state index contributed by atoms with van der Waals surface area (Å²) in [5, 5.41) is 6.45. The molecule has 0 fully saturated rings. The first-order valence-electron chi connectivity index (χ1n) is 9.63. The average Bonchev–Trinajstić information content (AvgIpc) is 2.91. The second kappa shape index (κ2) is 7.76. The second-order valence-electron chi connectivity index (χ2n) is 7.03. The number of rotatable bonds is 3. The SMILES string of the molecule is CN=CC(=CN)c1ccc2c(c1)N(c1cccc3c1NCCC(=O)N3)CCC2. The van der Waals surface area contributed by atoms with Crippen molar-refractivity contribution in [3.05, 3.63) is 53.7 Å². The molecule has 0 saturated heterocycles. The van der Waals surface area contributed by atoms with Gasteiger partial charge in [-0.2, -0.15) is 0 Å². The summed E-state index contributed by atoms with van der Waals surface area (Å²) in [6.07, 6.45) is 5.97. The van der Waals surface area contributed by atoms with Crippen LogP contribution in [0.15, 0.2) is 47.6 Å². The zero-order valence-electron chi connectivity index (χ0n) is 16.0. The van der Waals surface area contributed by atoms with Gasteiger partial charge in [-0.25, -0.2) is 0 Å². The molecule has 4 rings (SSSR count). The van der Waals surface area contributed by atoms with Crippen LogP contribution in [0.2, 0.25) is 0 Å². The maximum atomic E-state index is 12.0. The highest BCUT2D eigenvalue weighted by atomic mass is 16.1. The highest BCUT2D eigenvalue weighted by Crippen LogP contribution is 2.42. The number of amides is 1. The molecular weight excluding hydrogens is 350 g/mol. The van der Waals surface area contributed by atoms with Gasteiger partial charge in [0.1, 0.15) is 0 Å². The Kier molecular flexibility index (Phi) is 5.02. The number of benzene rings is 2. The number of hydrogen-bond acceptors (Lipinski definition) is 5. The molecule has 6 heteroatoms. The number of nitrogens with zero attached hydrogens (tertiary/aromatic N) is 2. The molecule has 2 aromatic rings. The summed E-state index contributed by atoms with van der Waals surface area (Å²) >= 11 is 0. The van der Waals surface area contributed by atoms with E-state index in [0.29, 0.717) is 13.0 Å².